The summed E-state index contributed by atoms with van der Waals surface area (Å²) in [6.45, 7) is 0.932. The molecule has 0 heterocycles. The maximum Gasteiger partial charge on any atom is 0.235 e. The highest BCUT2D eigenvalue weighted by atomic mass is 35.5. The van der Waals surface area contributed by atoms with Crippen LogP contribution in [0.5, 0.6) is 5.75 Å². The van der Waals surface area contributed by atoms with Crippen LogP contribution in [0.15, 0.2) is 24.3 Å². The number of sulfonamides is 1. The third-order valence-corrected chi connectivity index (χ3v) is 5.61. The van der Waals surface area contributed by atoms with Gasteiger partial charge in [0.2, 0.25) is 10.0 Å². The molecule has 1 aromatic rings. The number of benzene rings is 1. The minimum atomic E-state index is -3.32. The SMILES string of the molecule is O=S(=O)(Nc1cccc(OCCNCl)c1)C1CCCCC1. The molecule has 0 unspecified atom stereocenters. The molecule has 0 atom stereocenters. The second-order valence-corrected chi connectivity index (χ2v) is 7.40. The number of nitrogens with one attached hydrogen (secondary N) is 2. The minimum absolute atomic E-state index is 0.281. The predicted octanol–water partition coefficient (Wildman–Crippen LogP) is 2.88. The van der Waals surface area contributed by atoms with E-state index in [4.69, 9.17) is 16.5 Å². The monoisotopic (exact) mass is 332 g/mol. The van der Waals surface area contributed by atoms with Gasteiger partial charge >= 0.3 is 0 Å². The van der Waals surface area contributed by atoms with Crippen molar-refractivity contribution >= 4 is 27.5 Å². The van der Waals surface area contributed by atoms with Gasteiger partial charge in [-0.1, -0.05) is 25.3 Å². The summed E-state index contributed by atoms with van der Waals surface area (Å²) in [6, 6.07) is 6.97. The molecule has 2 rings (SSSR count). The molecule has 7 heteroatoms. The van der Waals surface area contributed by atoms with E-state index < -0.39 is 10.0 Å². The van der Waals surface area contributed by atoms with E-state index in [0.29, 0.717) is 24.6 Å². The van der Waals surface area contributed by atoms with Crippen LogP contribution in [-0.4, -0.2) is 26.8 Å². The fraction of sp³-hybridized carbons (Fsp3) is 0.571. The molecule has 0 radical (unpaired) electrons. The Morgan fingerprint density at radius 1 is 1.24 bits per heavy atom. The van der Waals surface area contributed by atoms with E-state index in [-0.39, 0.29) is 5.25 Å². The molecule has 118 valence electrons. The molecule has 1 aromatic carbocycles. The molecule has 0 spiro atoms. The second kappa shape index (κ2) is 7.87. The first kappa shape index (κ1) is 16.4. The van der Waals surface area contributed by atoms with Crippen LogP contribution in [0, 0.1) is 0 Å². The molecule has 0 amide bonds. The van der Waals surface area contributed by atoms with Crippen molar-refractivity contribution in [2.75, 3.05) is 17.9 Å². The fourth-order valence-electron chi connectivity index (χ4n) is 2.48. The maximum atomic E-state index is 12.3. The van der Waals surface area contributed by atoms with Gasteiger partial charge in [0.1, 0.15) is 12.4 Å². The van der Waals surface area contributed by atoms with Crippen molar-refractivity contribution in [3.8, 4) is 5.75 Å². The zero-order valence-corrected chi connectivity index (χ0v) is 13.4. The number of hydrogen-bond acceptors (Lipinski definition) is 4. The summed E-state index contributed by atoms with van der Waals surface area (Å²) < 4.78 is 32.8. The van der Waals surface area contributed by atoms with Crippen LogP contribution in [0.3, 0.4) is 0 Å². The first-order valence-corrected chi connectivity index (χ1v) is 9.12. The average Bonchev–Trinajstić information content (AvgIpc) is 2.48. The van der Waals surface area contributed by atoms with Crippen molar-refractivity contribution in [2.24, 2.45) is 0 Å². The van der Waals surface area contributed by atoms with Crippen molar-refractivity contribution in [1.82, 2.24) is 4.84 Å². The molecular formula is C14H21ClN2O3S. The zero-order chi connectivity index (χ0) is 15.1. The lowest BCUT2D eigenvalue weighted by molar-refractivity contribution is 0.324. The van der Waals surface area contributed by atoms with Crippen LogP contribution in [0.25, 0.3) is 0 Å². The molecule has 2 N–H and O–H groups in total. The Morgan fingerprint density at radius 2 is 2.00 bits per heavy atom. The van der Waals surface area contributed by atoms with Gasteiger partial charge in [0.05, 0.1) is 10.9 Å². The molecule has 1 fully saturated rings. The largest absolute Gasteiger partial charge is 0.492 e. The third kappa shape index (κ3) is 5.05. The van der Waals surface area contributed by atoms with Crippen molar-refractivity contribution in [3.63, 3.8) is 0 Å². The van der Waals surface area contributed by atoms with E-state index in [1.165, 1.54) is 0 Å². The summed E-state index contributed by atoms with van der Waals surface area (Å²) in [5.74, 6) is 0.616. The van der Waals surface area contributed by atoms with Crippen LogP contribution >= 0.6 is 11.8 Å². The fourth-order valence-corrected chi connectivity index (χ4v) is 4.13. The molecular weight excluding hydrogens is 312 g/mol. The summed E-state index contributed by atoms with van der Waals surface area (Å²) in [6.07, 6.45) is 4.59. The van der Waals surface area contributed by atoms with Gasteiger partial charge in [-0.2, -0.15) is 0 Å². The Bertz CT molecular complexity index is 545. The smallest absolute Gasteiger partial charge is 0.235 e. The van der Waals surface area contributed by atoms with Gasteiger partial charge in [-0.25, -0.2) is 13.3 Å². The number of anilines is 1. The Hall–Kier alpha value is -0.980. The second-order valence-electron chi connectivity index (χ2n) is 5.17. The quantitative estimate of drug-likeness (QED) is 0.595. The predicted molar refractivity (Wildman–Crippen MR) is 85.2 cm³/mol. The van der Waals surface area contributed by atoms with Gasteiger partial charge < -0.3 is 4.74 Å². The Kier molecular flexibility index (Phi) is 6.14. The summed E-state index contributed by atoms with van der Waals surface area (Å²) in [4.78, 5) is 2.47. The highest BCUT2D eigenvalue weighted by Gasteiger charge is 2.27. The molecule has 0 saturated heterocycles. The van der Waals surface area contributed by atoms with Gasteiger partial charge in [-0.3, -0.25) is 4.72 Å². The van der Waals surface area contributed by atoms with E-state index in [9.17, 15) is 8.42 Å². The molecule has 0 bridgehead atoms. The van der Waals surface area contributed by atoms with Crippen molar-refractivity contribution in [1.29, 1.82) is 0 Å². The summed E-state index contributed by atoms with van der Waals surface area (Å²) >= 11 is 5.35. The molecule has 21 heavy (non-hydrogen) atoms. The van der Waals surface area contributed by atoms with Gasteiger partial charge in [0.15, 0.2) is 0 Å². The lowest BCUT2D eigenvalue weighted by Crippen LogP contribution is -2.29. The number of hydrogen-bond donors (Lipinski definition) is 2. The molecule has 1 saturated carbocycles. The van der Waals surface area contributed by atoms with Gasteiger partial charge in [0.25, 0.3) is 0 Å². The van der Waals surface area contributed by atoms with E-state index in [2.05, 4.69) is 9.56 Å². The molecule has 0 aromatic heterocycles. The van der Waals surface area contributed by atoms with Crippen LogP contribution in [0.4, 0.5) is 5.69 Å². The maximum absolute atomic E-state index is 12.3. The van der Waals surface area contributed by atoms with Crippen molar-refractivity contribution < 1.29 is 13.2 Å². The van der Waals surface area contributed by atoms with E-state index in [1.807, 2.05) is 0 Å². The Balaban J connectivity index is 1.99. The normalized spacial score (nSPS) is 16.6. The summed E-state index contributed by atoms with van der Waals surface area (Å²) in [5, 5.41) is -0.281. The van der Waals surface area contributed by atoms with E-state index >= 15 is 0 Å². The van der Waals surface area contributed by atoms with Crippen LogP contribution in [0.1, 0.15) is 32.1 Å². The molecule has 0 aliphatic heterocycles. The Labute approximate surface area is 131 Å². The standard InChI is InChI=1S/C14H21ClN2O3S/c15-16-9-10-20-13-6-4-5-12(11-13)17-21(18,19)14-7-2-1-3-8-14/h4-6,11,14,16-17H,1-3,7-10H2. The first-order valence-electron chi connectivity index (χ1n) is 7.20. The lowest BCUT2D eigenvalue weighted by atomic mass is 10.0. The topological polar surface area (TPSA) is 67.4 Å². The average molecular weight is 333 g/mol. The highest BCUT2D eigenvalue weighted by molar-refractivity contribution is 7.93. The third-order valence-electron chi connectivity index (χ3n) is 3.55. The van der Waals surface area contributed by atoms with Gasteiger partial charge in [0, 0.05) is 12.6 Å². The molecule has 5 nitrogen and oxygen atoms in total. The minimum Gasteiger partial charge on any atom is -0.492 e. The number of halogens is 1. The van der Waals surface area contributed by atoms with Crippen molar-refractivity contribution in [3.05, 3.63) is 24.3 Å². The van der Waals surface area contributed by atoms with Gasteiger partial charge in [-0.15, -0.1) is 0 Å². The van der Waals surface area contributed by atoms with E-state index in [1.54, 1.807) is 24.3 Å². The zero-order valence-electron chi connectivity index (χ0n) is 11.8. The number of rotatable bonds is 7. The van der Waals surface area contributed by atoms with Crippen LogP contribution < -0.4 is 14.3 Å². The summed E-state index contributed by atoms with van der Waals surface area (Å²) in [5.41, 5.74) is 0.539. The molecule has 1 aliphatic carbocycles. The highest BCUT2D eigenvalue weighted by Crippen LogP contribution is 2.26. The van der Waals surface area contributed by atoms with E-state index in [0.717, 1.165) is 32.1 Å². The molecule has 1 aliphatic rings. The number of ether oxygens (including phenoxy) is 1. The van der Waals surface area contributed by atoms with Crippen LogP contribution in [-0.2, 0) is 10.0 Å². The lowest BCUT2D eigenvalue weighted by Gasteiger charge is -2.22. The van der Waals surface area contributed by atoms with Crippen LogP contribution in [0.2, 0.25) is 0 Å². The van der Waals surface area contributed by atoms with Gasteiger partial charge in [-0.05, 0) is 36.8 Å². The Morgan fingerprint density at radius 3 is 2.71 bits per heavy atom. The summed E-state index contributed by atoms with van der Waals surface area (Å²) in [7, 11) is -3.32. The van der Waals surface area contributed by atoms with Crippen molar-refractivity contribution in [2.45, 2.75) is 37.4 Å². The first-order chi connectivity index (χ1) is 10.1.